The number of aromatic nitrogens is 4. The molecule has 1 aliphatic carbocycles. The number of imidazole rings is 1. The van der Waals surface area contributed by atoms with Crippen molar-refractivity contribution in [3.63, 3.8) is 0 Å². The second-order valence-electron chi connectivity index (χ2n) is 5.52. The Morgan fingerprint density at radius 1 is 1.48 bits per heavy atom. The molecule has 2 N–H and O–H groups in total. The Balaban J connectivity index is 2.09. The van der Waals surface area contributed by atoms with Gasteiger partial charge in [-0.15, -0.1) is 11.6 Å². The lowest BCUT2D eigenvalue weighted by atomic mass is 9.83. The van der Waals surface area contributed by atoms with Crippen molar-refractivity contribution in [2.24, 2.45) is 5.41 Å². The third-order valence-electron chi connectivity index (χ3n) is 4.52. The first kappa shape index (κ1) is 14.4. The third kappa shape index (κ3) is 1.90. The lowest BCUT2D eigenvalue weighted by molar-refractivity contribution is 0.0416. The van der Waals surface area contributed by atoms with Gasteiger partial charge in [0.15, 0.2) is 5.65 Å². The minimum atomic E-state index is -0.870. The second kappa shape index (κ2) is 5.05. The SMILES string of the molecule is C=C1[C@@H](n2cnc3c(C)ncnc32)C[C@H](O)[C@]1(CO)CCl. The van der Waals surface area contributed by atoms with Crippen LogP contribution < -0.4 is 0 Å². The molecule has 1 saturated carbocycles. The van der Waals surface area contributed by atoms with Gasteiger partial charge in [0.25, 0.3) is 0 Å². The molecule has 3 rings (SSSR count). The number of halogens is 1. The maximum absolute atomic E-state index is 10.3. The molecule has 0 aliphatic heterocycles. The van der Waals surface area contributed by atoms with E-state index in [9.17, 15) is 10.2 Å². The molecule has 0 spiro atoms. The molecule has 0 radical (unpaired) electrons. The molecule has 0 saturated heterocycles. The van der Waals surface area contributed by atoms with Crippen LogP contribution in [0.1, 0.15) is 18.2 Å². The summed E-state index contributed by atoms with van der Waals surface area (Å²) in [4.78, 5) is 12.7. The Hall–Kier alpha value is -1.50. The molecule has 7 heteroatoms. The minimum Gasteiger partial charge on any atom is -0.395 e. The van der Waals surface area contributed by atoms with Crippen LogP contribution in [0.3, 0.4) is 0 Å². The molecule has 3 atom stereocenters. The van der Waals surface area contributed by atoms with Crippen molar-refractivity contribution in [2.45, 2.75) is 25.5 Å². The molecule has 2 heterocycles. The van der Waals surface area contributed by atoms with E-state index in [1.807, 2.05) is 11.5 Å². The molecule has 2 aromatic rings. The van der Waals surface area contributed by atoms with Crippen LogP contribution >= 0.6 is 11.6 Å². The predicted molar refractivity (Wildman–Crippen MR) is 79.1 cm³/mol. The zero-order valence-corrected chi connectivity index (χ0v) is 12.5. The summed E-state index contributed by atoms with van der Waals surface area (Å²) in [7, 11) is 0. The Labute approximate surface area is 127 Å². The Bertz CT molecular complexity index is 695. The van der Waals surface area contributed by atoms with Crippen LogP contribution in [0.5, 0.6) is 0 Å². The third-order valence-corrected chi connectivity index (χ3v) is 5.00. The fourth-order valence-corrected chi connectivity index (χ4v) is 3.46. The standard InChI is InChI=1S/C14H17ClN4O2/c1-8-10(3-11(21)14(8,4-15)5-20)19-7-18-12-9(2)16-6-17-13(12)19/h6-7,10-11,20-21H,1,3-5H2,2H3/t10-,11-,14-/m0/s1. The van der Waals surface area contributed by atoms with Crippen LogP contribution in [0.2, 0.25) is 0 Å². The van der Waals surface area contributed by atoms with E-state index in [0.29, 0.717) is 17.6 Å². The summed E-state index contributed by atoms with van der Waals surface area (Å²) in [6.07, 6.45) is 2.86. The normalized spacial score (nSPS) is 29.4. The van der Waals surface area contributed by atoms with Gasteiger partial charge in [-0.1, -0.05) is 6.58 Å². The van der Waals surface area contributed by atoms with E-state index in [1.54, 1.807) is 6.33 Å². The predicted octanol–water partition coefficient (Wildman–Crippen LogP) is 1.21. The maximum Gasteiger partial charge on any atom is 0.164 e. The van der Waals surface area contributed by atoms with Crippen molar-refractivity contribution in [1.29, 1.82) is 0 Å². The highest BCUT2D eigenvalue weighted by molar-refractivity contribution is 6.18. The van der Waals surface area contributed by atoms with Gasteiger partial charge in [-0.05, 0) is 18.9 Å². The summed E-state index contributed by atoms with van der Waals surface area (Å²) in [5, 5.41) is 20.0. The molecule has 6 nitrogen and oxygen atoms in total. The van der Waals surface area contributed by atoms with Crippen LogP contribution in [0, 0.1) is 12.3 Å². The van der Waals surface area contributed by atoms with Crippen molar-refractivity contribution in [3.8, 4) is 0 Å². The first-order valence-electron chi connectivity index (χ1n) is 6.73. The van der Waals surface area contributed by atoms with Gasteiger partial charge >= 0.3 is 0 Å². The lowest BCUT2D eigenvalue weighted by Gasteiger charge is -2.29. The number of hydrogen-bond donors (Lipinski definition) is 2. The average Bonchev–Trinajstić information content (AvgIpc) is 3.00. The quantitative estimate of drug-likeness (QED) is 0.658. The maximum atomic E-state index is 10.3. The van der Waals surface area contributed by atoms with E-state index in [0.717, 1.165) is 11.2 Å². The molecule has 0 unspecified atom stereocenters. The number of nitrogens with zero attached hydrogens (tertiary/aromatic N) is 4. The summed E-state index contributed by atoms with van der Waals surface area (Å²) < 4.78 is 1.87. The first-order chi connectivity index (χ1) is 10.0. The largest absolute Gasteiger partial charge is 0.395 e. The summed E-state index contributed by atoms with van der Waals surface area (Å²) in [6, 6.07) is -0.190. The van der Waals surface area contributed by atoms with Crippen molar-refractivity contribution in [1.82, 2.24) is 19.5 Å². The molecule has 21 heavy (non-hydrogen) atoms. The molecule has 1 fully saturated rings. The number of aliphatic hydroxyl groups excluding tert-OH is 2. The van der Waals surface area contributed by atoms with Crippen LogP contribution in [0.4, 0.5) is 0 Å². The van der Waals surface area contributed by atoms with Crippen molar-refractivity contribution < 1.29 is 10.2 Å². The van der Waals surface area contributed by atoms with Gasteiger partial charge in [0.1, 0.15) is 11.8 Å². The molecule has 1 aliphatic rings. The number of aliphatic hydroxyl groups is 2. The molecule has 0 amide bonds. The highest BCUT2D eigenvalue weighted by Gasteiger charge is 2.50. The average molecular weight is 309 g/mol. The van der Waals surface area contributed by atoms with E-state index >= 15 is 0 Å². The Morgan fingerprint density at radius 2 is 2.24 bits per heavy atom. The fourth-order valence-electron chi connectivity index (χ4n) is 3.03. The van der Waals surface area contributed by atoms with Crippen LogP contribution in [0.15, 0.2) is 24.8 Å². The van der Waals surface area contributed by atoms with E-state index in [1.165, 1.54) is 6.33 Å². The van der Waals surface area contributed by atoms with E-state index in [-0.39, 0.29) is 18.5 Å². The van der Waals surface area contributed by atoms with Gasteiger partial charge in [0.2, 0.25) is 0 Å². The first-order valence-corrected chi connectivity index (χ1v) is 7.27. The van der Waals surface area contributed by atoms with Crippen molar-refractivity contribution in [3.05, 3.63) is 30.5 Å². The molecular weight excluding hydrogens is 292 g/mol. The minimum absolute atomic E-state index is 0.126. The number of alkyl halides is 1. The Kier molecular flexibility index (Phi) is 3.47. The highest BCUT2D eigenvalue weighted by Crippen LogP contribution is 2.49. The van der Waals surface area contributed by atoms with E-state index in [4.69, 9.17) is 11.6 Å². The molecule has 0 bridgehead atoms. The highest BCUT2D eigenvalue weighted by atomic mass is 35.5. The van der Waals surface area contributed by atoms with Crippen LogP contribution in [-0.4, -0.2) is 48.3 Å². The fraction of sp³-hybridized carbons (Fsp3) is 0.500. The molecule has 0 aromatic carbocycles. The van der Waals surface area contributed by atoms with Crippen LogP contribution in [-0.2, 0) is 0 Å². The van der Waals surface area contributed by atoms with Gasteiger partial charge in [-0.3, -0.25) is 0 Å². The number of fused-ring (bicyclic) bond motifs is 1. The van der Waals surface area contributed by atoms with Gasteiger partial charge in [-0.25, -0.2) is 15.0 Å². The van der Waals surface area contributed by atoms with Crippen molar-refractivity contribution in [2.75, 3.05) is 12.5 Å². The van der Waals surface area contributed by atoms with Crippen LogP contribution in [0.25, 0.3) is 11.2 Å². The Morgan fingerprint density at radius 3 is 2.86 bits per heavy atom. The zero-order valence-electron chi connectivity index (χ0n) is 11.7. The summed E-state index contributed by atoms with van der Waals surface area (Å²) >= 11 is 5.99. The number of hydrogen-bond acceptors (Lipinski definition) is 5. The monoisotopic (exact) mass is 308 g/mol. The van der Waals surface area contributed by atoms with E-state index in [2.05, 4.69) is 21.5 Å². The van der Waals surface area contributed by atoms with Gasteiger partial charge in [0.05, 0.1) is 36.2 Å². The summed E-state index contributed by atoms with van der Waals surface area (Å²) in [5.74, 6) is 0.126. The molecule has 112 valence electrons. The molecule has 2 aromatic heterocycles. The molecular formula is C14H17ClN4O2. The zero-order chi connectivity index (χ0) is 15.2. The van der Waals surface area contributed by atoms with E-state index < -0.39 is 11.5 Å². The summed E-state index contributed by atoms with van der Waals surface area (Å²) in [6.45, 7) is 5.71. The van der Waals surface area contributed by atoms with Gasteiger partial charge < -0.3 is 14.8 Å². The van der Waals surface area contributed by atoms with Crippen molar-refractivity contribution >= 4 is 22.8 Å². The number of aryl methyl sites for hydroxylation is 1. The lowest BCUT2D eigenvalue weighted by Crippen LogP contribution is -2.37. The summed E-state index contributed by atoms with van der Waals surface area (Å²) in [5.41, 5.74) is 2.07. The number of rotatable bonds is 3. The van der Waals surface area contributed by atoms with Gasteiger partial charge in [-0.2, -0.15) is 0 Å². The smallest absolute Gasteiger partial charge is 0.164 e. The topological polar surface area (TPSA) is 84.1 Å². The second-order valence-corrected chi connectivity index (χ2v) is 5.79. The van der Waals surface area contributed by atoms with Gasteiger partial charge in [0, 0.05) is 5.88 Å².